The summed E-state index contributed by atoms with van der Waals surface area (Å²) in [6, 6.07) is 12.7. The monoisotopic (exact) mass is 522 g/mol. The number of carbonyl (C=O) groups excluding carboxylic acids is 1. The van der Waals surface area contributed by atoms with Crippen molar-refractivity contribution in [1.82, 2.24) is 4.57 Å². The zero-order valence-electron chi connectivity index (χ0n) is 16.2. The molecule has 0 amide bonds. The van der Waals surface area contributed by atoms with Crippen molar-refractivity contribution in [3.63, 3.8) is 0 Å². The third-order valence-electron chi connectivity index (χ3n) is 4.24. The number of fused-ring (bicyclic) bond motifs is 1. The number of alkyl halides is 1. The van der Waals surface area contributed by atoms with Gasteiger partial charge in [-0.15, -0.1) is 0 Å². The number of aryl methyl sites for hydroxylation is 1. The first-order chi connectivity index (χ1) is 13.6. The van der Waals surface area contributed by atoms with Crippen molar-refractivity contribution >= 4 is 54.5 Å². The second-order valence-electron chi connectivity index (χ2n) is 7.55. The molecule has 1 heterocycles. The minimum absolute atomic E-state index is 0.132. The van der Waals surface area contributed by atoms with Crippen LogP contribution in [0.5, 0.6) is 0 Å². The molecule has 1 aromatic heterocycles. The average molecular weight is 524 g/mol. The van der Waals surface area contributed by atoms with E-state index in [1.54, 1.807) is 20.8 Å². The molecular weight excluding hydrogens is 504 g/mol. The van der Waals surface area contributed by atoms with Crippen molar-refractivity contribution < 1.29 is 14.5 Å². The normalized spacial score (nSPS) is 11.6. The Morgan fingerprint density at radius 2 is 1.86 bits per heavy atom. The van der Waals surface area contributed by atoms with E-state index in [1.165, 1.54) is 10.6 Å². The Labute approximate surface area is 185 Å². The predicted molar refractivity (Wildman–Crippen MR) is 121 cm³/mol. The number of benzene rings is 2. The van der Waals surface area contributed by atoms with Gasteiger partial charge in [-0.3, -0.25) is 10.1 Å². The van der Waals surface area contributed by atoms with Crippen LogP contribution in [0.25, 0.3) is 22.2 Å². The van der Waals surface area contributed by atoms with E-state index in [9.17, 15) is 14.9 Å². The number of aromatic nitrogens is 1. The highest BCUT2D eigenvalue weighted by Crippen LogP contribution is 2.42. The molecule has 0 bridgehead atoms. The lowest BCUT2D eigenvalue weighted by Crippen LogP contribution is -2.27. The fourth-order valence-electron chi connectivity index (χ4n) is 3.15. The summed E-state index contributed by atoms with van der Waals surface area (Å²) in [6.45, 7) is 5.28. The summed E-state index contributed by atoms with van der Waals surface area (Å²) < 4.78 is 7.51. The van der Waals surface area contributed by atoms with Crippen molar-refractivity contribution in [2.24, 2.45) is 0 Å². The van der Waals surface area contributed by atoms with Gasteiger partial charge in [0.1, 0.15) is 11.1 Å². The number of non-ortho nitro benzene ring substituents is 1. The molecule has 0 saturated heterocycles. The van der Waals surface area contributed by atoms with E-state index in [2.05, 4.69) is 31.9 Å². The molecule has 0 atom stereocenters. The van der Waals surface area contributed by atoms with Gasteiger partial charge in [0.05, 0.1) is 15.1 Å². The van der Waals surface area contributed by atoms with Gasteiger partial charge < -0.3 is 4.74 Å². The van der Waals surface area contributed by atoms with Crippen molar-refractivity contribution in [2.75, 3.05) is 5.33 Å². The Morgan fingerprint density at radius 3 is 2.41 bits per heavy atom. The Bertz CT molecular complexity index is 1090. The number of rotatable bonds is 4. The average Bonchev–Trinajstić information content (AvgIpc) is 2.93. The van der Waals surface area contributed by atoms with Gasteiger partial charge in [0, 0.05) is 16.8 Å². The van der Waals surface area contributed by atoms with Gasteiger partial charge in [-0.1, -0.05) is 46.3 Å². The maximum atomic E-state index is 13.2. The SMILES string of the molecule is CC(C)(C)OC(=O)n1c(-c2ccccc2)c(Br)c2cc(CCBr)cc([N+](=O)[O-])c21. The first kappa shape index (κ1) is 21.5. The third-order valence-corrected chi connectivity index (χ3v) is 5.44. The van der Waals surface area contributed by atoms with Crippen LogP contribution in [0.4, 0.5) is 10.5 Å². The number of hydrogen-bond donors (Lipinski definition) is 0. The van der Waals surface area contributed by atoms with Crippen molar-refractivity contribution in [1.29, 1.82) is 0 Å². The highest BCUT2D eigenvalue weighted by atomic mass is 79.9. The van der Waals surface area contributed by atoms with Crippen LogP contribution < -0.4 is 0 Å². The summed E-state index contributed by atoms with van der Waals surface area (Å²) in [5, 5.41) is 13.2. The number of ether oxygens (including phenoxy) is 1. The first-order valence-electron chi connectivity index (χ1n) is 9.00. The van der Waals surface area contributed by atoms with E-state index < -0.39 is 16.6 Å². The minimum Gasteiger partial charge on any atom is -0.443 e. The minimum atomic E-state index is -0.751. The molecule has 3 aromatic rings. The number of nitro groups is 1. The van der Waals surface area contributed by atoms with Crippen LogP contribution in [-0.4, -0.2) is 26.5 Å². The first-order valence-corrected chi connectivity index (χ1v) is 10.9. The maximum Gasteiger partial charge on any atom is 0.419 e. The lowest BCUT2D eigenvalue weighted by atomic mass is 10.1. The Kier molecular flexibility index (Phi) is 6.14. The molecule has 0 aliphatic rings. The summed E-state index contributed by atoms with van der Waals surface area (Å²) in [6.07, 6.45) is -0.0370. The van der Waals surface area contributed by atoms with E-state index in [0.717, 1.165) is 11.1 Å². The highest BCUT2D eigenvalue weighted by Gasteiger charge is 2.30. The second kappa shape index (κ2) is 8.28. The van der Waals surface area contributed by atoms with Crippen LogP contribution in [-0.2, 0) is 11.2 Å². The molecule has 6 nitrogen and oxygen atoms in total. The molecule has 2 aromatic carbocycles. The van der Waals surface area contributed by atoms with E-state index in [-0.39, 0.29) is 11.2 Å². The topological polar surface area (TPSA) is 74.4 Å². The Hall–Kier alpha value is -2.19. The molecular formula is C21H20Br2N2O4. The molecule has 0 aliphatic heterocycles. The largest absolute Gasteiger partial charge is 0.443 e. The molecule has 0 aliphatic carbocycles. The summed E-state index contributed by atoms with van der Waals surface area (Å²) >= 11 is 6.98. The molecule has 0 unspecified atom stereocenters. The van der Waals surface area contributed by atoms with Crippen LogP contribution in [0.2, 0.25) is 0 Å². The highest BCUT2D eigenvalue weighted by molar-refractivity contribution is 9.10. The third kappa shape index (κ3) is 4.38. The Balaban J connectivity index is 2.43. The van der Waals surface area contributed by atoms with E-state index in [1.807, 2.05) is 36.4 Å². The molecule has 0 saturated carbocycles. The van der Waals surface area contributed by atoms with Crippen LogP contribution in [0, 0.1) is 10.1 Å². The van der Waals surface area contributed by atoms with E-state index >= 15 is 0 Å². The zero-order valence-corrected chi connectivity index (χ0v) is 19.4. The molecule has 3 rings (SSSR count). The van der Waals surface area contributed by atoms with Crippen LogP contribution in [0.15, 0.2) is 46.9 Å². The van der Waals surface area contributed by atoms with Gasteiger partial charge in [0.15, 0.2) is 0 Å². The van der Waals surface area contributed by atoms with Crippen LogP contribution >= 0.6 is 31.9 Å². The van der Waals surface area contributed by atoms with Gasteiger partial charge in [-0.25, -0.2) is 9.36 Å². The molecule has 8 heteroatoms. The molecule has 152 valence electrons. The van der Waals surface area contributed by atoms with Crippen LogP contribution in [0.3, 0.4) is 0 Å². The predicted octanol–water partition coefficient (Wildman–Crippen LogP) is 6.70. The fraction of sp³-hybridized carbons (Fsp3) is 0.286. The number of nitrogens with zero attached hydrogens (tertiary/aromatic N) is 2. The van der Waals surface area contributed by atoms with Crippen molar-refractivity contribution in [3.8, 4) is 11.3 Å². The maximum absolute atomic E-state index is 13.2. The molecule has 0 N–H and O–H groups in total. The lowest BCUT2D eigenvalue weighted by molar-refractivity contribution is -0.383. The summed E-state index contributed by atoms with van der Waals surface area (Å²) in [5.74, 6) is 0. The molecule has 0 spiro atoms. The molecule has 0 fully saturated rings. The van der Waals surface area contributed by atoms with Crippen molar-refractivity contribution in [2.45, 2.75) is 32.8 Å². The van der Waals surface area contributed by atoms with E-state index in [4.69, 9.17) is 4.74 Å². The summed E-state index contributed by atoms with van der Waals surface area (Å²) in [7, 11) is 0. The summed E-state index contributed by atoms with van der Waals surface area (Å²) in [5.41, 5.74) is 1.41. The lowest BCUT2D eigenvalue weighted by Gasteiger charge is -2.21. The quantitative estimate of drug-likeness (QED) is 0.216. The zero-order chi connectivity index (χ0) is 21.3. The number of carbonyl (C=O) groups is 1. The smallest absolute Gasteiger partial charge is 0.419 e. The van der Waals surface area contributed by atoms with Gasteiger partial charge in [0.25, 0.3) is 5.69 Å². The standard InChI is InChI=1S/C21H20Br2N2O4/c1-21(2,3)29-20(26)24-18(14-7-5-4-6-8-14)17(23)15-11-13(9-10-22)12-16(19(15)24)25(27)28/h4-8,11-12H,9-10H2,1-3H3. The second-order valence-corrected chi connectivity index (χ2v) is 9.14. The van der Waals surface area contributed by atoms with Gasteiger partial charge in [-0.05, 0) is 60.3 Å². The molecule has 0 radical (unpaired) electrons. The molecule has 29 heavy (non-hydrogen) atoms. The number of nitro benzene ring substituents is 1. The van der Waals surface area contributed by atoms with Crippen molar-refractivity contribution in [3.05, 3.63) is 62.6 Å². The van der Waals surface area contributed by atoms with Crippen LogP contribution in [0.1, 0.15) is 26.3 Å². The number of hydrogen-bond acceptors (Lipinski definition) is 4. The van der Waals surface area contributed by atoms with Gasteiger partial charge in [0.2, 0.25) is 0 Å². The van der Waals surface area contributed by atoms with Gasteiger partial charge in [-0.2, -0.15) is 0 Å². The number of halogens is 2. The van der Waals surface area contributed by atoms with Gasteiger partial charge >= 0.3 is 6.09 Å². The fourth-order valence-corrected chi connectivity index (χ4v) is 4.32. The Morgan fingerprint density at radius 1 is 1.21 bits per heavy atom. The van der Waals surface area contributed by atoms with E-state index in [0.29, 0.717) is 27.3 Å². The summed E-state index contributed by atoms with van der Waals surface area (Å²) in [4.78, 5) is 24.6.